The Balaban J connectivity index is 1.37. The number of nitrogen functional groups attached to an aromatic ring is 1. The van der Waals surface area contributed by atoms with E-state index in [2.05, 4.69) is 30.0 Å². The molecular formula is C34H33ClF5N9O2. The molecule has 268 valence electrons. The number of aromatic amines is 1. The third-order valence-electron chi connectivity index (χ3n) is 10.4. The van der Waals surface area contributed by atoms with Crippen LogP contribution in [-0.2, 0) is 6.18 Å². The van der Waals surface area contributed by atoms with E-state index < -0.39 is 52.6 Å². The predicted octanol–water partition coefficient (Wildman–Crippen LogP) is 6.97. The summed E-state index contributed by atoms with van der Waals surface area (Å²) in [5, 5.41) is 7.00. The minimum Gasteiger partial charge on any atom is -0.475 e. The minimum absolute atomic E-state index is 0.0141. The summed E-state index contributed by atoms with van der Waals surface area (Å²) in [4.78, 5) is 21.8. The van der Waals surface area contributed by atoms with Gasteiger partial charge in [0.1, 0.15) is 47.6 Å². The molecule has 3 N–H and O–H groups in total. The van der Waals surface area contributed by atoms with Gasteiger partial charge in [0.25, 0.3) is 0 Å². The summed E-state index contributed by atoms with van der Waals surface area (Å²) < 4.78 is 88.4. The van der Waals surface area contributed by atoms with Crippen molar-refractivity contribution in [3.63, 3.8) is 0 Å². The van der Waals surface area contributed by atoms with Gasteiger partial charge < -0.3 is 20.1 Å². The Labute approximate surface area is 293 Å². The van der Waals surface area contributed by atoms with Crippen molar-refractivity contribution in [3.05, 3.63) is 52.1 Å². The highest BCUT2D eigenvalue weighted by atomic mass is 35.5. The van der Waals surface area contributed by atoms with E-state index in [1.807, 2.05) is 18.7 Å². The van der Waals surface area contributed by atoms with E-state index >= 15 is 4.39 Å². The van der Waals surface area contributed by atoms with Gasteiger partial charge in [-0.3, -0.25) is 10.00 Å². The van der Waals surface area contributed by atoms with Gasteiger partial charge in [-0.05, 0) is 57.9 Å². The highest BCUT2D eigenvalue weighted by molar-refractivity contribution is 6.30. The Kier molecular flexibility index (Phi) is 7.90. The van der Waals surface area contributed by atoms with Crippen LogP contribution >= 0.6 is 11.6 Å². The Morgan fingerprint density at radius 1 is 1.22 bits per heavy atom. The third-order valence-corrected chi connectivity index (χ3v) is 10.6. The molecule has 3 aliphatic heterocycles. The number of anilines is 2. The minimum atomic E-state index is -4.87. The number of alkyl halides is 4. The SMILES string of the molecule is Cc1cc2[nH]ncc2c(-c2nc3c4c(nc(OC[C@@]56CCCN5C[C@H](F)C6)nc4c2F)N(C(C)c2cc(Cl)cnc2N)[C@@H](C)CO3)c1C(F)(F)F. The van der Waals surface area contributed by atoms with Crippen LogP contribution in [0.1, 0.15) is 55.8 Å². The molecule has 4 atom stereocenters. The molecule has 11 nitrogen and oxygen atoms in total. The molecule has 0 aliphatic carbocycles. The number of hydrogen-bond acceptors (Lipinski definition) is 10. The van der Waals surface area contributed by atoms with Crippen molar-refractivity contribution in [2.75, 3.05) is 36.9 Å². The van der Waals surface area contributed by atoms with E-state index in [-0.39, 0.29) is 77.1 Å². The van der Waals surface area contributed by atoms with Crippen LogP contribution in [0, 0.1) is 12.7 Å². The number of nitrogens with zero attached hydrogens (tertiary/aromatic N) is 7. The van der Waals surface area contributed by atoms with Crippen LogP contribution in [0.5, 0.6) is 11.9 Å². The maximum Gasteiger partial charge on any atom is 0.417 e. The van der Waals surface area contributed by atoms with Gasteiger partial charge in [-0.25, -0.2) is 18.7 Å². The maximum atomic E-state index is 17.2. The number of aryl methyl sites for hydroxylation is 1. The summed E-state index contributed by atoms with van der Waals surface area (Å²) in [7, 11) is 0. The number of nitrogens with two attached hydrogens (primary N) is 1. The lowest BCUT2D eigenvalue weighted by atomic mass is 9.94. The van der Waals surface area contributed by atoms with Gasteiger partial charge in [-0.2, -0.15) is 28.2 Å². The zero-order chi connectivity index (χ0) is 36.0. The fourth-order valence-corrected chi connectivity index (χ4v) is 8.28. The molecule has 1 aromatic carbocycles. The zero-order valence-corrected chi connectivity index (χ0v) is 28.5. The first-order valence-electron chi connectivity index (χ1n) is 16.5. The van der Waals surface area contributed by atoms with Crippen molar-refractivity contribution >= 4 is 45.0 Å². The van der Waals surface area contributed by atoms with Crippen molar-refractivity contribution in [1.29, 1.82) is 0 Å². The number of pyridine rings is 2. The molecule has 2 fully saturated rings. The number of halogens is 6. The molecular weight excluding hydrogens is 697 g/mol. The second-order valence-electron chi connectivity index (χ2n) is 13.6. The monoisotopic (exact) mass is 729 g/mol. The molecule has 3 aliphatic rings. The Morgan fingerprint density at radius 3 is 2.80 bits per heavy atom. The summed E-state index contributed by atoms with van der Waals surface area (Å²) >= 11 is 6.31. The standard InChI is InChI=1S/C34H33ClF5N9O2/c1-15-7-22-21(11-43-47-22)23(25(15)34(38,39)40)27-26(37)28-24-30(46-32(45-28)51-14-33-5-4-6-48(33)12-19(36)9-33)49(16(2)13-50-31(24)44-27)17(3)20-8-18(35)10-42-29(20)41/h7-8,10-11,16-17,19H,4-6,9,12-14H2,1-3H3,(H2,41,42)(H,43,47)/t16-,17?,19+,33-/m0/s1. The van der Waals surface area contributed by atoms with Crippen LogP contribution < -0.4 is 20.1 Å². The van der Waals surface area contributed by atoms with Gasteiger partial charge in [0.15, 0.2) is 5.82 Å². The van der Waals surface area contributed by atoms with Crippen LogP contribution in [0.4, 0.5) is 33.6 Å². The van der Waals surface area contributed by atoms with Crippen LogP contribution in [0.3, 0.4) is 0 Å². The lowest BCUT2D eigenvalue weighted by Gasteiger charge is -2.35. The van der Waals surface area contributed by atoms with Crippen molar-refractivity contribution in [2.24, 2.45) is 0 Å². The quantitative estimate of drug-likeness (QED) is 0.177. The molecule has 0 radical (unpaired) electrons. The number of aromatic nitrogens is 6. The number of hydrogen-bond donors (Lipinski definition) is 2. The highest BCUT2D eigenvalue weighted by Gasteiger charge is 2.49. The smallest absolute Gasteiger partial charge is 0.417 e. The maximum absolute atomic E-state index is 17.2. The fourth-order valence-electron chi connectivity index (χ4n) is 8.11. The lowest BCUT2D eigenvalue weighted by molar-refractivity contribution is -0.137. The Bertz CT molecular complexity index is 2200. The van der Waals surface area contributed by atoms with E-state index in [1.165, 1.54) is 25.4 Å². The van der Waals surface area contributed by atoms with Gasteiger partial charge in [0.05, 0.1) is 39.9 Å². The van der Waals surface area contributed by atoms with Gasteiger partial charge in [0.2, 0.25) is 5.88 Å². The van der Waals surface area contributed by atoms with Crippen molar-refractivity contribution in [1.82, 2.24) is 35.0 Å². The molecule has 1 unspecified atom stereocenters. The van der Waals surface area contributed by atoms with E-state index in [0.717, 1.165) is 13.0 Å². The molecule has 2 saturated heterocycles. The number of nitrogens with one attached hydrogen (secondary N) is 1. The number of H-pyrrole nitrogens is 1. The Morgan fingerprint density at radius 2 is 2.02 bits per heavy atom. The average molecular weight is 730 g/mol. The molecule has 8 rings (SSSR count). The first-order chi connectivity index (χ1) is 24.3. The normalized spacial score (nSPS) is 22.7. The fraction of sp³-hybridized carbons (Fsp3) is 0.441. The summed E-state index contributed by atoms with van der Waals surface area (Å²) in [5.74, 6) is -0.939. The van der Waals surface area contributed by atoms with E-state index in [0.29, 0.717) is 17.0 Å². The largest absolute Gasteiger partial charge is 0.475 e. The molecule has 0 amide bonds. The number of rotatable bonds is 6. The molecule has 0 saturated carbocycles. The van der Waals surface area contributed by atoms with Crippen molar-refractivity contribution in [2.45, 2.75) is 70.0 Å². The van der Waals surface area contributed by atoms with Crippen LogP contribution in [-0.4, -0.2) is 79.1 Å². The van der Waals surface area contributed by atoms with Gasteiger partial charge in [0, 0.05) is 35.7 Å². The van der Waals surface area contributed by atoms with Crippen molar-refractivity contribution < 1.29 is 31.4 Å². The van der Waals surface area contributed by atoms with Crippen LogP contribution in [0.25, 0.3) is 33.1 Å². The number of ether oxygens (including phenoxy) is 2. The second kappa shape index (κ2) is 12.0. The summed E-state index contributed by atoms with van der Waals surface area (Å²) in [6.45, 7) is 5.99. The third kappa shape index (κ3) is 5.45. The molecule has 51 heavy (non-hydrogen) atoms. The average Bonchev–Trinajstić information content (AvgIpc) is 3.75. The second-order valence-corrected chi connectivity index (χ2v) is 14.1. The van der Waals surface area contributed by atoms with Gasteiger partial charge in [-0.1, -0.05) is 11.6 Å². The predicted molar refractivity (Wildman–Crippen MR) is 180 cm³/mol. The number of benzene rings is 1. The molecule has 4 aromatic heterocycles. The molecule has 0 spiro atoms. The molecule has 7 heterocycles. The van der Waals surface area contributed by atoms with E-state index in [1.54, 1.807) is 6.07 Å². The van der Waals surface area contributed by atoms with E-state index in [9.17, 15) is 17.6 Å². The van der Waals surface area contributed by atoms with Gasteiger partial charge in [-0.15, -0.1) is 0 Å². The first-order valence-corrected chi connectivity index (χ1v) is 16.9. The highest BCUT2D eigenvalue weighted by Crippen LogP contribution is 2.48. The van der Waals surface area contributed by atoms with Gasteiger partial charge >= 0.3 is 12.2 Å². The van der Waals surface area contributed by atoms with Crippen molar-refractivity contribution in [3.8, 4) is 23.1 Å². The Hall–Kier alpha value is -4.57. The molecule has 0 bridgehead atoms. The van der Waals surface area contributed by atoms with Crippen LogP contribution in [0.15, 0.2) is 24.5 Å². The lowest BCUT2D eigenvalue weighted by Crippen LogP contribution is -2.43. The van der Waals surface area contributed by atoms with E-state index in [4.69, 9.17) is 31.8 Å². The van der Waals surface area contributed by atoms with Crippen LogP contribution in [0.2, 0.25) is 5.02 Å². The molecule has 17 heteroatoms. The summed E-state index contributed by atoms with van der Waals surface area (Å²) in [6, 6.07) is 1.69. The zero-order valence-electron chi connectivity index (χ0n) is 27.8. The summed E-state index contributed by atoms with van der Waals surface area (Å²) in [5.41, 5.74) is 3.82. The number of fused-ring (bicyclic) bond motifs is 2. The molecule has 5 aromatic rings. The topological polar surface area (TPSA) is 131 Å². The summed E-state index contributed by atoms with van der Waals surface area (Å²) in [6.07, 6.45) is -1.45. The first kappa shape index (κ1) is 33.6.